The normalized spacial score (nSPS) is 14.7. The lowest BCUT2D eigenvalue weighted by atomic mass is 9.94. The first-order valence-corrected chi connectivity index (χ1v) is 6.74. The van der Waals surface area contributed by atoms with Gasteiger partial charge in [-0.2, -0.15) is 0 Å². The molecular formula is C16H19NO2. The molecule has 0 spiro atoms. The van der Waals surface area contributed by atoms with Crippen LogP contribution < -0.4 is 5.32 Å². The molecule has 0 saturated carbocycles. The molecule has 0 aromatic heterocycles. The first kappa shape index (κ1) is 13.5. The Hall–Kier alpha value is -1.90. The summed E-state index contributed by atoms with van der Waals surface area (Å²) in [5.41, 5.74) is 2.70. The highest BCUT2D eigenvalue weighted by Gasteiger charge is 2.11. The van der Waals surface area contributed by atoms with Gasteiger partial charge in [0.2, 0.25) is 5.91 Å². The van der Waals surface area contributed by atoms with Gasteiger partial charge in [0.05, 0.1) is 0 Å². The van der Waals surface area contributed by atoms with E-state index in [0.717, 1.165) is 18.5 Å². The average Bonchev–Trinajstić information content (AvgIpc) is 2.40. The highest BCUT2D eigenvalue weighted by atomic mass is 16.1. The average molecular weight is 257 g/mol. The summed E-state index contributed by atoms with van der Waals surface area (Å²) in [5.74, 6) is 0.0500. The SMILES string of the molecule is CC(=O)Nc1ccc(C(=O)CC2=CCCCC2)cc1. The molecule has 19 heavy (non-hydrogen) atoms. The zero-order valence-corrected chi connectivity index (χ0v) is 11.2. The van der Waals surface area contributed by atoms with E-state index in [9.17, 15) is 9.59 Å². The van der Waals surface area contributed by atoms with Crippen LogP contribution in [-0.2, 0) is 4.79 Å². The Kier molecular flexibility index (Phi) is 4.50. The molecule has 0 radical (unpaired) electrons. The van der Waals surface area contributed by atoms with Crippen LogP contribution in [0.4, 0.5) is 5.69 Å². The van der Waals surface area contributed by atoms with Crippen molar-refractivity contribution in [2.75, 3.05) is 5.32 Å². The van der Waals surface area contributed by atoms with Crippen LogP contribution in [0.3, 0.4) is 0 Å². The lowest BCUT2D eigenvalue weighted by Crippen LogP contribution is -2.07. The molecule has 0 atom stereocenters. The Labute approximate surface area is 113 Å². The molecule has 1 aromatic rings. The van der Waals surface area contributed by atoms with E-state index >= 15 is 0 Å². The van der Waals surface area contributed by atoms with Crippen LogP contribution in [0.1, 0.15) is 49.4 Å². The minimum absolute atomic E-state index is 0.105. The number of benzene rings is 1. The molecule has 2 rings (SSSR count). The van der Waals surface area contributed by atoms with Crippen LogP contribution in [0.25, 0.3) is 0 Å². The Morgan fingerprint density at radius 1 is 1.16 bits per heavy atom. The van der Waals surface area contributed by atoms with Gasteiger partial charge in [-0.1, -0.05) is 11.6 Å². The number of Topliss-reactive ketones (excluding diaryl/α,β-unsaturated/α-hetero) is 1. The Morgan fingerprint density at radius 3 is 2.47 bits per heavy atom. The maximum Gasteiger partial charge on any atom is 0.221 e. The molecule has 1 aliphatic rings. The maximum atomic E-state index is 12.1. The van der Waals surface area contributed by atoms with Crippen LogP contribution in [0.5, 0.6) is 0 Å². The second-order valence-electron chi connectivity index (χ2n) is 4.97. The van der Waals surface area contributed by atoms with Gasteiger partial charge in [0.25, 0.3) is 0 Å². The van der Waals surface area contributed by atoms with E-state index in [1.165, 1.54) is 25.3 Å². The summed E-state index contributed by atoms with van der Waals surface area (Å²) in [6, 6.07) is 7.09. The molecule has 0 heterocycles. The summed E-state index contributed by atoms with van der Waals surface area (Å²) in [5, 5.41) is 2.69. The van der Waals surface area contributed by atoms with Crippen molar-refractivity contribution in [3.63, 3.8) is 0 Å². The van der Waals surface area contributed by atoms with Gasteiger partial charge in [-0.15, -0.1) is 0 Å². The topological polar surface area (TPSA) is 46.2 Å². The third kappa shape index (κ3) is 4.05. The summed E-state index contributed by atoms with van der Waals surface area (Å²) in [7, 11) is 0. The van der Waals surface area contributed by atoms with E-state index in [2.05, 4.69) is 11.4 Å². The molecule has 0 bridgehead atoms. The van der Waals surface area contributed by atoms with Gasteiger partial charge in [-0.05, 0) is 49.9 Å². The summed E-state index contributed by atoms with van der Waals surface area (Å²) < 4.78 is 0. The van der Waals surface area contributed by atoms with Gasteiger partial charge < -0.3 is 5.32 Å². The van der Waals surface area contributed by atoms with Gasteiger partial charge >= 0.3 is 0 Å². The maximum absolute atomic E-state index is 12.1. The molecule has 3 nitrogen and oxygen atoms in total. The van der Waals surface area contributed by atoms with E-state index < -0.39 is 0 Å². The lowest BCUT2D eigenvalue weighted by Gasteiger charge is -2.12. The highest BCUT2D eigenvalue weighted by Crippen LogP contribution is 2.22. The number of carbonyl (C=O) groups excluding carboxylic acids is 2. The number of ketones is 1. The first-order valence-electron chi connectivity index (χ1n) is 6.74. The standard InChI is InChI=1S/C16H19NO2/c1-12(18)17-15-9-7-14(8-10-15)16(19)11-13-5-3-2-4-6-13/h5,7-10H,2-4,6,11H2,1H3,(H,17,18). The fourth-order valence-corrected chi connectivity index (χ4v) is 2.32. The molecule has 0 saturated heterocycles. The van der Waals surface area contributed by atoms with Crippen molar-refractivity contribution < 1.29 is 9.59 Å². The monoisotopic (exact) mass is 257 g/mol. The molecule has 1 amide bonds. The third-order valence-electron chi connectivity index (χ3n) is 3.30. The van der Waals surface area contributed by atoms with Crippen LogP contribution in [0, 0.1) is 0 Å². The van der Waals surface area contributed by atoms with E-state index in [4.69, 9.17) is 0 Å². The Morgan fingerprint density at radius 2 is 1.89 bits per heavy atom. The predicted octanol–water partition coefficient (Wildman–Crippen LogP) is 3.72. The Balaban J connectivity index is 1.99. The molecule has 0 aliphatic heterocycles. The van der Waals surface area contributed by atoms with Crippen molar-refractivity contribution >= 4 is 17.4 Å². The minimum Gasteiger partial charge on any atom is -0.326 e. The summed E-state index contributed by atoms with van der Waals surface area (Å²) in [4.78, 5) is 23.0. The van der Waals surface area contributed by atoms with Crippen molar-refractivity contribution in [1.29, 1.82) is 0 Å². The molecule has 100 valence electrons. The lowest BCUT2D eigenvalue weighted by molar-refractivity contribution is -0.114. The quantitative estimate of drug-likeness (QED) is 0.660. The predicted molar refractivity (Wildman–Crippen MR) is 76.2 cm³/mol. The van der Waals surface area contributed by atoms with Crippen molar-refractivity contribution in [2.45, 2.75) is 39.0 Å². The Bertz CT molecular complexity index is 500. The number of allylic oxidation sites excluding steroid dienone is 2. The van der Waals surface area contributed by atoms with Crippen molar-refractivity contribution in [3.8, 4) is 0 Å². The number of hydrogen-bond donors (Lipinski definition) is 1. The zero-order chi connectivity index (χ0) is 13.7. The third-order valence-corrected chi connectivity index (χ3v) is 3.30. The number of nitrogens with one attached hydrogen (secondary N) is 1. The fraction of sp³-hybridized carbons (Fsp3) is 0.375. The van der Waals surface area contributed by atoms with E-state index in [-0.39, 0.29) is 11.7 Å². The molecule has 0 unspecified atom stereocenters. The van der Waals surface area contributed by atoms with E-state index in [0.29, 0.717) is 12.0 Å². The van der Waals surface area contributed by atoms with Gasteiger partial charge in [0.1, 0.15) is 0 Å². The molecule has 1 aromatic carbocycles. The molecular weight excluding hydrogens is 238 g/mol. The molecule has 3 heteroatoms. The van der Waals surface area contributed by atoms with E-state index in [1.54, 1.807) is 24.3 Å². The number of rotatable bonds is 4. The second-order valence-corrected chi connectivity index (χ2v) is 4.97. The van der Waals surface area contributed by atoms with Crippen molar-refractivity contribution in [3.05, 3.63) is 41.5 Å². The molecule has 1 aliphatic carbocycles. The zero-order valence-electron chi connectivity index (χ0n) is 11.2. The van der Waals surface area contributed by atoms with E-state index in [1.807, 2.05) is 0 Å². The summed E-state index contributed by atoms with van der Waals surface area (Å²) >= 11 is 0. The fourth-order valence-electron chi connectivity index (χ4n) is 2.32. The van der Waals surface area contributed by atoms with Crippen LogP contribution in [-0.4, -0.2) is 11.7 Å². The first-order chi connectivity index (χ1) is 9.15. The van der Waals surface area contributed by atoms with Gasteiger partial charge in [-0.3, -0.25) is 9.59 Å². The second kappa shape index (κ2) is 6.32. The van der Waals surface area contributed by atoms with Gasteiger partial charge in [0, 0.05) is 24.6 Å². The van der Waals surface area contributed by atoms with Gasteiger partial charge in [-0.25, -0.2) is 0 Å². The summed E-state index contributed by atoms with van der Waals surface area (Å²) in [6.07, 6.45) is 7.32. The van der Waals surface area contributed by atoms with Gasteiger partial charge in [0.15, 0.2) is 5.78 Å². The number of hydrogen-bond acceptors (Lipinski definition) is 2. The molecule has 0 fully saturated rings. The minimum atomic E-state index is -0.105. The largest absolute Gasteiger partial charge is 0.326 e. The van der Waals surface area contributed by atoms with Crippen LogP contribution in [0.15, 0.2) is 35.9 Å². The van der Waals surface area contributed by atoms with Crippen LogP contribution in [0.2, 0.25) is 0 Å². The number of anilines is 1. The number of amides is 1. The van der Waals surface area contributed by atoms with Crippen molar-refractivity contribution in [2.24, 2.45) is 0 Å². The highest BCUT2D eigenvalue weighted by molar-refractivity contribution is 5.98. The van der Waals surface area contributed by atoms with Crippen LogP contribution >= 0.6 is 0 Å². The molecule has 1 N–H and O–H groups in total. The number of carbonyl (C=O) groups is 2. The smallest absolute Gasteiger partial charge is 0.221 e. The van der Waals surface area contributed by atoms with Crippen molar-refractivity contribution in [1.82, 2.24) is 0 Å². The summed E-state index contributed by atoms with van der Waals surface area (Å²) in [6.45, 7) is 1.47.